The zero-order chi connectivity index (χ0) is 22.3. The van der Waals surface area contributed by atoms with Crippen molar-refractivity contribution in [3.8, 4) is 5.75 Å². The van der Waals surface area contributed by atoms with E-state index in [0.29, 0.717) is 40.0 Å². The third-order valence-corrected chi connectivity index (χ3v) is 5.32. The first-order valence-electron chi connectivity index (χ1n) is 9.39. The molecule has 2 aliphatic heterocycles. The Hall–Kier alpha value is -3.13. The summed E-state index contributed by atoms with van der Waals surface area (Å²) in [5.41, 5.74) is 1.27. The Morgan fingerprint density at radius 1 is 1.23 bits per heavy atom. The van der Waals surface area contributed by atoms with E-state index in [-0.39, 0.29) is 11.4 Å². The summed E-state index contributed by atoms with van der Waals surface area (Å²) in [4.78, 5) is 9.42. The highest BCUT2D eigenvalue weighted by atomic mass is 35.5. The number of nitrogens with zero attached hydrogens (tertiary/aromatic N) is 4. The van der Waals surface area contributed by atoms with Gasteiger partial charge in [-0.2, -0.15) is 18.3 Å². The molecule has 0 bridgehead atoms. The average Bonchev–Trinajstić information content (AvgIpc) is 2.91. The van der Waals surface area contributed by atoms with Gasteiger partial charge in [0.25, 0.3) is 0 Å². The van der Waals surface area contributed by atoms with Crippen molar-refractivity contribution in [1.82, 2.24) is 5.01 Å². The van der Waals surface area contributed by atoms with Gasteiger partial charge in [0, 0.05) is 16.1 Å². The Balaban J connectivity index is 2.03. The molecule has 2 aromatic carbocycles. The van der Waals surface area contributed by atoms with Gasteiger partial charge in [0.2, 0.25) is 0 Å². The highest BCUT2D eigenvalue weighted by molar-refractivity contribution is 6.36. The lowest BCUT2D eigenvalue weighted by molar-refractivity contribution is -0.138. The monoisotopic (exact) mass is 446 g/mol. The quantitative estimate of drug-likeness (QED) is 0.583. The standard InChI is InChI=1S/C22H18ClF3N4O/c1-4-9-30-21-19(12(2)29-30)28-20(13-7-5-6-8-16(13)23)14-10-18(31-3)15(22(24,25)26)11-17(14)27-21/h4-8,10-11,19H,1,9H2,2-3H3. The van der Waals surface area contributed by atoms with Gasteiger partial charge in [0.1, 0.15) is 11.8 Å². The minimum atomic E-state index is -4.61. The fraction of sp³-hybridized carbons (Fsp3) is 0.227. The van der Waals surface area contributed by atoms with E-state index in [1.807, 2.05) is 0 Å². The van der Waals surface area contributed by atoms with Crippen LogP contribution in [0.2, 0.25) is 5.02 Å². The minimum Gasteiger partial charge on any atom is -0.496 e. The molecule has 0 radical (unpaired) electrons. The van der Waals surface area contributed by atoms with Crippen molar-refractivity contribution in [3.63, 3.8) is 0 Å². The number of halogens is 4. The second kappa shape index (κ2) is 7.85. The molecule has 1 unspecified atom stereocenters. The van der Waals surface area contributed by atoms with Gasteiger partial charge in [-0.3, -0.25) is 4.99 Å². The molecule has 0 N–H and O–H groups in total. The lowest BCUT2D eigenvalue weighted by atomic mass is 9.98. The average molecular weight is 447 g/mol. The van der Waals surface area contributed by atoms with Crippen LogP contribution in [0.4, 0.5) is 18.9 Å². The summed E-state index contributed by atoms with van der Waals surface area (Å²) in [6.45, 7) is 5.86. The zero-order valence-electron chi connectivity index (χ0n) is 16.7. The minimum absolute atomic E-state index is 0.114. The fourth-order valence-electron chi connectivity index (χ4n) is 3.58. The Bertz CT molecular complexity index is 1150. The highest BCUT2D eigenvalue weighted by Gasteiger charge is 2.38. The molecule has 1 atom stereocenters. The number of fused-ring (bicyclic) bond motifs is 2. The second-order valence-electron chi connectivity index (χ2n) is 7.01. The third kappa shape index (κ3) is 3.72. The van der Waals surface area contributed by atoms with E-state index in [1.54, 1.807) is 42.3 Å². The number of hydrogen-bond acceptors (Lipinski definition) is 5. The fourth-order valence-corrected chi connectivity index (χ4v) is 3.81. The maximum absolute atomic E-state index is 13.7. The smallest absolute Gasteiger partial charge is 0.420 e. The van der Waals surface area contributed by atoms with Gasteiger partial charge in [-0.15, -0.1) is 6.58 Å². The van der Waals surface area contributed by atoms with Crippen molar-refractivity contribution in [3.05, 3.63) is 70.8 Å². The van der Waals surface area contributed by atoms with Crippen LogP contribution in [0, 0.1) is 0 Å². The Morgan fingerprint density at radius 2 is 1.97 bits per heavy atom. The normalized spacial score (nSPS) is 17.8. The van der Waals surface area contributed by atoms with Gasteiger partial charge in [-0.05, 0) is 25.1 Å². The molecule has 2 heterocycles. The van der Waals surface area contributed by atoms with Gasteiger partial charge in [0.15, 0.2) is 5.84 Å². The summed E-state index contributed by atoms with van der Waals surface area (Å²) in [5.74, 6) is 0.116. The SMILES string of the molecule is C=CCN1N=C(C)C2N=C(c3ccccc3Cl)c3cc(OC)c(C(F)(F)F)cc3N=C21. The van der Waals surface area contributed by atoms with Crippen LogP contribution < -0.4 is 4.74 Å². The number of hydrogen-bond donors (Lipinski definition) is 0. The molecule has 2 aliphatic rings. The van der Waals surface area contributed by atoms with Gasteiger partial charge in [-0.25, -0.2) is 10.0 Å². The lowest BCUT2D eigenvalue weighted by Gasteiger charge is -2.17. The number of rotatable bonds is 4. The van der Waals surface area contributed by atoms with Crippen LogP contribution in [0.25, 0.3) is 0 Å². The Kier molecular flexibility index (Phi) is 5.35. The number of hydrazone groups is 1. The van der Waals surface area contributed by atoms with Crippen molar-refractivity contribution < 1.29 is 17.9 Å². The molecule has 0 spiro atoms. The molecule has 0 aromatic heterocycles. The molecular formula is C22H18ClF3N4O. The van der Waals surface area contributed by atoms with E-state index in [9.17, 15) is 13.2 Å². The molecule has 0 saturated carbocycles. The first-order valence-corrected chi connectivity index (χ1v) is 9.76. The summed E-state index contributed by atoms with van der Waals surface area (Å²) in [7, 11) is 1.20. The van der Waals surface area contributed by atoms with E-state index >= 15 is 0 Å². The molecular weight excluding hydrogens is 429 g/mol. The molecule has 4 rings (SSSR count). The molecule has 2 aromatic rings. The van der Waals surface area contributed by atoms with E-state index < -0.39 is 17.8 Å². The van der Waals surface area contributed by atoms with Crippen molar-refractivity contribution in [1.29, 1.82) is 0 Å². The largest absolute Gasteiger partial charge is 0.496 e. The molecule has 0 saturated heterocycles. The molecule has 0 amide bonds. The van der Waals surface area contributed by atoms with Crippen molar-refractivity contribution in [2.45, 2.75) is 19.1 Å². The molecule has 0 aliphatic carbocycles. The number of benzene rings is 2. The summed E-state index contributed by atoms with van der Waals surface area (Å²) in [6, 6.07) is 8.77. The molecule has 9 heteroatoms. The number of alkyl halides is 3. The summed E-state index contributed by atoms with van der Waals surface area (Å²) in [5, 5.41) is 6.47. The zero-order valence-corrected chi connectivity index (χ0v) is 17.5. The van der Waals surface area contributed by atoms with Crippen LogP contribution in [0.5, 0.6) is 5.75 Å². The molecule has 5 nitrogen and oxygen atoms in total. The van der Waals surface area contributed by atoms with Gasteiger partial charge < -0.3 is 4.74 Å². The van der Waals surface area contributed by atoms with Crippen molar-refractivity contribution in [2.75, 3.05) is 13.7 Å². The Morgan fingerprint density at radius 3 is 2.61 bits per heavy atom. The first-order chi connectivity index (χ1) is 14.7. The van der Waals surface area contributed by atoms with E-state index in [4.69, 9.17) is 21.3 Å². The number of amidine groups is 1. The molecule has 31 heavy (non-hydrogen) atoms. The topological polar surface area (TPSA) is 49.5 Å². The van der Waals surface area contributed by atoms with Gasteiger partial charge in [0.05, 0.1) is 36.3 Å². The van der Waals surface area contributed by atoms with E-state index in [2.05, 4.69) is 16.7 Å². The summed E-state index contributed by atoms with van der Waals surface area (Å²) in [6.07, 6.45) is -2.97. The van der Waals surface area contributed by atoms with Crippen LogP contribution in [-0.4, -0.2) is 42.0 Å². The van der Waals surface area contributed by atoms with E-state index in [0.717, 1.165) is 6.07 Å². The second-order valence-corrected chi connectivity index (χ2v) is 7.42. The maximum Gasteiger partial charge on any atom is 0.420 e. The molecule has 0 fully saturated rings. The van der Waals surface area contributed by atoms with Crippen LogP contribution >= 0.6 is 11.6 Å². The van der Waals surface area contributed by atoms with Crippen LogP contribution in [0.3, 0.4) is 0 Å². The van der Waals surface area contributed by atoms with E-state index in [1.165, 1.54) is 13.2 Å². The number of ether oxygens (including phenoxy) is 1. The summed E-state index contributed by atoms with van der Waals surface area (Å²) >= 11 is 6.43. The number of aliphatic imine (C=N–C) groups is 2. The van der Waals surface area contributed by atoms with Crippen molar-refractivity contribution in [2.24, 2.45) is 15.1 Å². The van der Waals surface area contributed by atoms with Crippen molar-refractivity contribution >= 4 is 34.5 Å². The van der Waals surface area contributed by atoms with Gasteiger partial charge in [-0.1, -0.05) is 35.9 Å². The molecule has 160 valence electrons. The predicted octanol–water partition coefficient (Wildman–Crippen LogP) is 5.49. The Labute approximate surface area is 182 Å². The van der Waals surface area contributed by atoms with Crippen LogP contribution in [-0.2, 0) is 6.18 Å². The summed E-state index contributed by atoms with van der Waals surface area (Å²) < 4.78 is 46.1. The van der Waals surface area contributed by atoms with Crippen LogP contribution in [0.1, 0.15) is 23.6 Å². The maximum atomic E-state index is 13.7. The predicted molar refractivity (Wildman–Crippen MR) is 116 cm³/mol. The van der Waals surface area contributed by atoms with Gasteiger partial charge >= 0.3 is 6.18 Å². The van der Waals surface area contributed by atoms with Crippen LogP contribution in [0.15, 0.2) is 64.1 Å². The first kappa shape index (κ1) is 21.1. The lowest BCUT2D eigenvalue weighted by Crippen LogP contribution is -2.30. The highest BCUT2D eigenvalue weighted by Crippen LogP contribution is 2.42. The number of methoxy groups -OCH3 is 1. The third-order valence-electron chi connectivity index (χ3n) is 4.99.